The Labute approximate surface area is 133 Å². The first-order valence-corrected chi connectivity index (χ1v) is 9.30. The van der Waals surface area contributed by atoms with Gasteiger partial charge in [-0.3, -0.25) is 0 Å². The first kappa shape index (κ1) is 16.3. The Bertz CT molecular complexity index is 388. The SMILES string of the molecule is CCNCCC1(CCc2cc(C)c(Cl)s2)CCCCC1. The third-order valence-electron chi connectivity index (χ3n) is 4.81. The van der Waals surface area contributed by atoms with E-state index in [1.807, 2.05) is 0 Å². The molecule has 1 aliphatic carbocycles. The van der Waals surface area contributed by atoms with Crippen LogP contribution >= 0.6 is 22.9 Å². The Morgan fingerprint density at radius 3 is 2.60 bits per heavy atom. The van der Waals surface area contributed by atoms with E-state index in [0.29, 0.717) is 5.41 Å². The molecule has 1 heterocycles. The fourth-order valence-electron chi connectivity index (χ4n) is 3.49. The lowest BCUT2D eigenvalue weighted by molar-refractivity contribution is 0.157. The van der Waals surface area contributed by atoms with Crippen LogP contribution in [0.4, 0.5) is 0 Å². The highest BCUT2D eigenvalue weighted by Crippen LogP contribution is 2.43. The van der Waals surface area contributed by atoms with Gasteiger partial charge in [0.1, 0.15) is 0 Å². The summed E-state index contributed by atoms with van der Waals surface area (Å²) in [6.07, 6.45) is 11.0. The van der Waals surface area contributed by atoms with Crippen LogP contribution in [0.3, 0.4) is 0 Å². The van der Waals surface area contributed by atoms with Crippen molar-refractivity contribution in [3.05, 3.63) is 20.8 Å². The number of aryl methyl sites for hydroxylation is 2. The van der Waals surface area contributed by atoms with Crippen molar-refractivity contribution < 1.29 is 0 Å². The molecule has 1 aromatic rings. The second kappa shape index (κ2) is 7.82. The molecule has 1 aromatic heterocycles. The minimum Gasteiger partial charge on any atom is -0.317 e. The number of hydrogen-bond donors (Lipinski definition) is 1. The number of nitrogens with one attached hydrogen (secondary N) is 1. The summed E-state index contributed by atoms with van der Waals surface area (Å²) in [5.41, 5.74) is 1.84. The van der Waals surface area contributed by atoms with E-state index in [1.165, 1.54) is 68.4 Å². The second-order valence-electron chi connectivity index (χ2n) is 6.33. The van der Waals surface area contributed by atoms with E-state index in [-0.39, 0.29) is 0 Å². The van der Waals surface area contributed by atoms with Crippen LogP contribution in [0, 0.1) is 12.3 Å². The van der Waals surface area contributed by atoms with Crippen LogP contribution in [-0.4, -0.2) is 13.1 Å². The Balaban J connectivity index is 1.92. The van der Waals surface area contributed by atoms with Gasteiger partial charge in [0.25, 0.3) is 0 Å². The third kappa shape index (κ3) is 4.47. The Morgan fingerprint density at radius 2 is 2.00 bits per heavy atom. The molecule has 0 saturated heterocycles. The molecule has 1 aliphatic rings. The maximum atomic E-state index is 6.20. The van der Waals surface area contributed by atoms with Gasteiger partial charge in [-0.05, 0) is 69.2 Å². The summed E-state index contributed by atoms with van der Waals surface area (Å²) in [6, 6.07) is 2.29. The predicted octanol–water partition coefficient (Wildman–Crippen LogP) is 5.59. The van der Waals surface area contributed by atoms with Gasteiger partial charge in [-0.15, -0.1) is 11.3 Å². The highest BCUT2D eigenvalue weighted by molar-refractivity contribution is 7.16. The molecular formula is C17H28ClNS. The quantitative estimate of drug-likeness (QED) is 0.647. The van der Waals surface area contributed by atoms with Crippen LogP contribution in [0.2, 0.25) is 4.34 Å². The van der Waals surface area contributed by atoms with E-state index in [1.54, 1.807) is 11.3 Å². The molecular weight excluding hydrogens is 286 g/mol. The molecule has 1 N–H and O–H groups in total. The van der Waals surface area contributed by atoms with Gasteiger partial charge in [-0.1, -0.05) is 37.8 Å². The lowest BCUT2D eigenvalue weighted by Crippen LogP contribution is -2.29. The van der Waals surface area contributed by atoms with E-state index in [2.05, 4.69) is 25.2 Å². The standard InChI is InChI=1S/C17H28ClNS/c1-3-19-12-11-17(8-5-4-6-9-17)10-7-15-13-14(2)16(18)20-15/h13,19H,3-12H2,1-2H3. The summed E-state index contributed by atoms with van der Waals surface area (Å²) in [5, 5.41) is 3.51. The van der Waals surface area contributed by atoms with Gasteiger partial charge >= 0.3 is 0 Å². The van der Waals surface area contributed by atoms with Gasteiger partial charge < -0.3 is 5.32 Å². The molecule has 0 aliphatic heterocycles. The van der Waals surface area contributed by atoms with E-state index in [0.717, 1.165) is 10.9 Å². The fourth-order valence-corrected chi connectivity index (χ4v) is 4.73. The third-order valence-corrected chi connectivity index (χ3v) is 6.42. The average Bonchev–Trinajstić information content (AvgIpc) is 2.77. The van der Waals surface area contributed by atoms with Crippen molar-refractivity contribution in [3.63, 3.8) is 0 Å². The lowest BCUT2D eigenvalue weighted by Gasteiger charge is -2.37. The van der Waals surface area contributed by atoms with Crippen molar-refractivity contribution in [2.75, 3.05) is 13.1 Å². The van der Waals surface area contributed by atoms with Crippen LogP contribution in [0.25, 0.3) is 0 Å². The van der Waals surface area contributed by atoms with Crippen molar-refractivity contribution in [3.8, 4) is 0 Å². The molecule has 1 nitrogen and oxygen atoms in total. The zero-order valence-electron chi connectivity index (χ0n) is 12.9. The molecule has 20 heavy (non-hydrogen) atoms. The molecule has 0 atom stereocenters. The van der Waals surface area contributed by atoms with Crippen LogP contribution in [0.15, 0.2) is 6.07 Å². The number of thiophene rings is 1. The smallest absolute Gasteiger partial charge is 0.0960 e. The molecule has 0 bridgehead atoms. The van der Waals surface area contributed by atoms with Crippen LogP contribution in [0.5, 0.6) is 0 Å². The topological polar surface area (TPSA) is 12.0 Å². The molecule has 114 valence electrons. The monoisotopic (exact) mass is 313 g/mol. The molecule has 0 radical (unpaired) electrons. The fraction of sp³-hybridized carbons (Fsp3) is 0.765. The van der Waals surface area contributed by atoms with Gasteiger partial charge in [0.15, 0.2) is 0 Å². The molecule has 0 spiro atoms. The number of hydrogen-bond acceptors (Lipinski definition) is 2. The van der Waals surface area contributed by atoms with E-state index in [9.17, 15) is 0 Å². The molecule has 0 unspecified atom stereocenters. The zero-order chi connectivity index (χ0) is 14.4. The Kier molecular flexibility index (Phi) is 6.38. The summed E-state index contributed by atoms with van der Waals surface area (Å²) in [7, 11) is 0. The maximum absolute atomic E-state index is 6.20. The minimum absolute atomic E-state index is 0.588. The van der Waals surface area contributed by atoms with Crippen LogP contribution < -0.4 is 5.32 Å². The average molecular weight is 314 g/mol. The second-order valence-corrected chi connectivity index (χ2v) is 8.07. The molecule has 2 rings (SSSR count). The van der Waals surface area contributed by atoms with Crippen LogP contribution in [0.1, 0.15) is 62.3 Å². The van der Waals surface area contributed by atoms with Crippen molar-refractivity contribution in [2.24, 2.45) is 5.41 Å². The molecule has 1 fully saturated rings. The maximum Gasteiger partial charge on any atom is 0.0960 e. The summed E-state index contributed by atoms with van der Waals surface area (Å²) < 4.78 is 0.977. The van der Waals surface area contributed by atoms with E-state index >= 15 is 0 Å². The highest BCUT2D eigenvalue weighted by Gasteiger charge is 2.31. The Hall–Kier alpha value is -0.0500. The predicted molar refractivity (Wildman–Crippen MR) is 91.1 cm³/mol. The highest BCUT2D eigenvalue weighted by atomic mass is 35.5. The van der Waals surface area contributed by atoms with Gasteiger partial charge in [0, 0.05) is 4.88 Å². The largest absolute Gasteiger partial charge is 0.317 e. The summed E-state index contributed by atoms with van der Waals surface area (Å²) in [6.45, 7) is 6.59. The van der Waals surface area contributed by atoms with Gasteiger partial charge in [0.05, 0.1) is 4.34 Å². The normalized spacial score (nSPS) is 18.4. The zero-order valence-corrected chi connectivity index (χ0v) is 14.5. The number of halogens is 1. The van der Waals surface area contributed by atoms with Gasteiger partial charge in [0.2, 0.25) is 0 Å². The van der Waals surface area contributed by atoms with Crippen molar-refractivity contribution in [1.29, 1.82) is 0 Å². The van der Waals surface area contributed by atoms with Gasteiger partial charge in [-0.25, -0.2) is 0 Å². The summed E-state index contributed by atoms with van der Waals surface area (Å²) in [5.74, 6) is 0. The lowest BCUT2D eigenvalue weighted by atomic mass is 9.69. The molecule has 0 amide bonds. The van der Waals surface area contributed by atoms with Crippen molar-refractivity contribution >= 4 is 22.9 Å². The summed E-state index contributed by atoms with van der Waals surface area (Å²) in [4.78, 5) is 1.47. The molecule has 1 saturated carbocycles. The first-order chi connectivity index (χ1) is 9.65. The molecule has 0 aromatic carbocycles. The number of rotatable bonds is 7. The van der Waals surface area contributed by atoms with Crippen molar-refractivity contribution in [2.45, 2.75) is 65.2 Å². The first-order valence-electron chi connectivity index (χ1n) is 8.11. The van der Waals surface area contributed by atoms with E-state index in [4.69, 9.17) is 11.6 Å². The van der Waals surface area contributed by atoms with E-state index < -0.39 is 0 Å². The van der Waals surface area contributed by atoms with Crippen molar-refractivity contribution in [1.82, 2.24) is 5.32 Å². The summed E-state index contributed by atoms with van der Waals surface area (Å²) >= 11 is 7.98. The molecule has 3 heteroatoms. The Morgan fingerprint density at radius 1 is 1.25 bits per heavy atom. The minimum atomic E-state index is 0.588. The van der Waals surface area contributed by atoms with Crippen LogP contribution in [-0.2, 0) is 6.42 Å². The van der Waals surface area contributed by atoms with Gasteiger partial charge in [-0.2, -0.15) is 0 Å².